The Morgan fingerprint density at radius 2 is 1.10 bits per heavy atom. The van der Waals surface area contributed by atoms with E-state index in [0.29, 0.717) is 23.9 Å². The third kappa shape index (κ3) is 3.82. The molecule has 11 rings (SSSR count). The molecule has 0 radical (unpaired) electrons. The lowest BCUT2D eigenvalue weighted by molar-refractivity contribution is -0.937. The van der Waals surface area contributed by atoms with Gasteiger partial charge in [-0.05, 0) is 57.7 Å². The molecule has 4 saturated heterocycles. The summed E-state index contributed by atoms with van der Waals surface area (Å²) in [6, 6.07) is 20.3. The van der Waals surface area contributed by atoms with Crippen LogP contribution in [-0.4, -0.2) is 95.8 Å². The fourth-order valence-corrected chi connectivity index (χ4v) is 14.6. The number of hydrogen-bond acceptors (Lipinski definition) is 4. The van der Waals surface area contributed by atoms with E-state index >= 15 is 0 Å². The lowest BCUT2D eigenvalue weighted by Gasteiger charge is -2.59. The van der Waals surface area contributed by atoms with Gasteiger partial charge in [0.2, 0.25) is 0 Å². The van der Waals surface area contributed by atoms with Crippen molar-refractivity contribution in [2.75, 3.05) is 62.3 Å². The number of rotatable bonds is 6. The molecule has 272 valence electrons. The summed E-state index contributed by atoms with van der Waals surface area (Å²) in [7, 11) is 0. The first-order chi connectivity index (χ1) is 24.5. The summed E-state index contributed by atoms with van der Waals surface area (Å²) in [4.78, 5) is 5.54. The highest BCUT2D eigenvalue weighted by Crippen LogP contribution is 2.69. The van der Waals surface area contributed by atoms with Crippen molar-refractivity contribution in [1.29, 1.82) is 0 Å². The molecule has 52 heavy (non-hydrogen) atoms. The Kier molecular flexibility index (Phi) is 7.80. The molecule has 2 N–H and O–H groups in total. The van der Waals surface area contributed by atoms with E-state index in [1.165, 1.54) is 33.6 Å². The van der Waals surface area contributed by atoms with Crippen LogP contribution < -0.4 is 34.6 Å². The minimum Gasteiger partial charge on any atom is -1.00 e. The first-order valence-corrected chi connectivity index (χ1v) is 19.2. The van der Waals surface area contributed by atoms with Gasteiger partial charge in [-0.2, -0.15) is 0 Å². The molecule has 2 saturated carbocycles. The number of halogens is 2. The van der Waals surface area contributed by atoms with Gasteiger partial charge in [-0.1, -0.05) is 61.7 Å². The Hall–Kier alpha value is -3.10. The topological polar surface area (TPSA) is 46.9 Å². The average molecular weight is 738 g/mol. The van der Waals surface area contributed by atoms with Crippen LogP contribution in [0.2, 0.25) is 0 Å². The summed E-state index contributed by atoms with van der Waals surface area (Å²) >= 11 is 0. The van der Waals surface area contributed by atoms with Gasteiger partial charge in [-0.25, -0.2) is 0 Å². The summed E-state index contributed by atoms with van der Waals surface area (Å²) in [5.41, 5.74) is 11.8. The molecule has 2 aromatic rings. The Morgan fingerprint density at radius 1 is 0.673 bits per heavy atom. The molecule has 7 heterocycles. The van der Waals surface area contributed by atoms with Gasteiger partial charge in [0.25, 0.3) is 0 Å². The molecule has 2 spiro atoms. The van der Waals surface area contributed by atoms with Crippen molar-refractivity contribution in [3.8, 4) is 0 Å². The number of anilines is 2. The van der Waals surface area contributed by atoms with Gasteiger partial charge in [0.05, 0.1) is 62.3 Å². The molecule has 2 aromatic carbocycles. The standard InChI is InChI=1S/C44H50N4O2.2ClH/c1-3-17-47-19-15-43-35-9-5-7-11-37(35)45-26-34-32-24-40-44(16-20-48(40,18-4-2)28-30(32)14-22-50)36-10-6-8-12-38(36)46(42(34)44)25-33(41(43)45)31(23-39(43)47)29(27-47)13-21-49;;/h3-14,25-26,31-32,39-42,49-50H,1-2,15-24,27-28H2;2*1H/q+2;;/p-2/b29-13+,30-14+,33-25-,34-26-;;/t31-,32-,39-,40-,41-,42-,43+,44+,47-,48?;;/m0../s1. The van der Waals surface area contributed by atoms with Crippen molar-refractivity contribution in [3.63, 3.8) is 0 Å². The Balaban J connectivity index is 0.00000180. The first-order valence-electron chi connectivity index (χ1n) is 19.2. The fraction of sp³-hybridized carbons (Fsp3) is 0.455. The molecule has 4 bridgehead atoms. The molecule has 1 unspecified atom stereocenters. The van der Waals surface area contributed by atoms with Crippen LogP contribution in [-0.2, 0) is 10.8 Å². The van der Waals surface area contributed by atoms with Crippen molar-refractivity contribution in [1.82, 2.24) is 0 Å². The highest BCUT2D eigenvalue weighted by molar-refractivity contribution is 5.77. The van der Waals surface area contributed by atoms with Crippen molar-refractivity contribution < 1.29 is 44.0 Å². The number of hydrogen-bond donors (Lipinski definition) is 2. The second-order valence-corrected chi connectivity index (χ2v) is 17.2. The summed E-state index contributed by atoms with van der Waals surface area (Å²) in [5, 5.41) is 20.9. The van der Waals surface area contributed by atoms with Crippen LogP contribution in [0.1, 0.15) is 36.8 Å². The van der Waals surface area contributed by atoms with E-state index in [-0.39, 0.29) is 60.9 Å². The highest BCUT2D eigenvalue weighted by Gasteiger charge is 2.75. The highest BCUT2D eigenvalue weighted by atomic mass is 35.5. The van der Waals surface area contributed by atoms with E-state index in [4.69, 9.17) is 0 Å². The quantitative estimate of drug-likeness (QED) is 0.310. The summed E-state index contributed by atoms with van der Waals surface area (Å²) in [6.07, 6.45) is 18.6. The number of para-hydroxylation sites is 2. The van der Waals surface area contributed by atoms with Crippen LogP contribution >= 0.6 is 0 Å². The minimum atomic E-state index is 0. The van der Waals surface area contributed by atoms with E-state index in [0.717, 1.165) is 73.9 Å². The molecule has 0 aromatic heterocycles. The zero-order valence-corrected chi connectivity index (χ0v) is 31.4. The number of fused-ring (bicyclic) bond motifs is 8. The van der Waals surface area contributed by atoms with E-state index in [2.05, 4.69) is 108 Å². The molecular formula is C44H50Cl2N4O2. The maximum atomic E-state index is 10.5. The van der Waals surface area contributed by atoms with Gasteiger partial charge < -0.3 is 53.8 Å². The third-order valence-corrected chi connectivity index (χ3v) is 15.9. The van der Waals surface area contributed by atoms with Crippen molar-refractivity contribution in [2.45, 2.75) is 60.7 Å². The first kappa shape index (κ1) is 34.7. The molecule has 10 atom stereocenters. The largest absolute Gasteiger partial charge is 1.00 e. The molecule has 7 aliphatic heterocycles. The van der Waals surface area contributed by atoms with E-state index < -0.39 is 0 Å². The molecule has 9 aliphatic rings. The maximum Gasteiger partial charge on any atom is 0.103 e. The number of aliphatic hydroxyl groups is 2. The zero-order chi connectivity index (χ0) is 33.6. The summed E-state index contributed by atoms with van der Waals surface area (Å²) in [5.74, 6) is 0.615. The Bertz CT molecular complexity index is 1860. The predicted octanol–water partition coefficient (Wildman–Crippen LogP) is -0.516. The Morgan fingerprint density at radius 3 is 1.50 bits per heavy atom. The molecule has 2 aliphatic carbocycles. The summed E-state index contributed by atoms with van der Waals surface area (Å²) in [6.45, 7) is 15.0. The van der Waals surface area contributed by atoms with Gasteiger partial charge >= 0.3 is 0 Å². The third-order valence-electron chi connectivity index (χ3n) is 15.9. The smallest absolute Gasteiger partial charge is 0.103 e. The van der Waals surface area contributed by atoms with Gasteiger partial charge in [0.1, 0.15) is 25.2 Å². The van der Waals surface area contributed by atoms with E-state index in [1.807, 2.05) is 0 Å². The maximum absolute atomic E-state index is 10.5. The van der Waals surface area contributed by atoms with Crippen LogP contribution in [0.4, 0.5) is 11.4 Å². The number of piperidine rings is 2. The summed E-state index contributed by atoms with van der Waals surface area (Å²) < 4.78 is 2.12. The zero-order valence-electron chi connectivity index (χ0n) is 29.9. The lowest BCUT2D eigenvalue weighted by atomic mass is 9.56. The molecular weight excluding hydrogens is 687 g/mol. The molecule has 6 nitrogen and oxygen atoms in total. The molecule has 0 amide bonds. The molecule has 6 fully saturated rings. The second-order valence-electron chi connectivity index (χ2n) is 17.2. The van der Waals surface area contributed by atoms with Gasteiger partial charge in [-0.15, -0.1) is 0 Å². The van der Waals surface area contributed by atoms with Crippen molar-refractivity contribution >= 4 is 11.4 Å². The van der Waals surface area contributed by atoms with Crippen molar-refractivity contribution in [2.24, 2.45) is 11.8 Å². The molecule has 8 heteroatoms. The number of aliphatic hydroxyl groups excluding tert-OH is 2. The van der Waals surface area contributed by atoms with E-state index in [1.54, 1.807) is 11.1 Å². The lowest BCUT2D eigenvalue weighted by Crippen LogP contribution is -3.00. The van der Waals surface area contributed by atoms with Gasteiger partial charge in [-0.3, -0.25) is 0 Å². The van der Waals surface area contributed by atoms with Gasteiger partial charge in [0, 0.05) is 61.3 Å². The number of benzene rings is 2. The monoisotopic (exact) mass is 736 g/mol. The van der Waals surface area contributed by atoms with Crippen LogP contribution in [0.5, 0.6) is 0 Å². The minimum absolute atomic E-state index is 0. The average Bonchev–Trinajstić information content (AvgIpc) is 3.81. The van der Waals surface area contributed by atoms with E-state index in [9.17, 15) is 10.2 Å². The predicted molar refractivity (Wildman–Crippen MR) is 198 cm³/mol. The SMILES string of the molecule is C=CC[N+]12CC[C@@]34c5ccccc5N5/C=C6/[C@H]7C[C@H]8[C@@]9(CC[N@@+]8(CC=C)C/C7=C\CO)c7ccccc7N(/C=C(/[C@@H](C[C@@H]31)/C(=C/CO)C2)[C@H]54)[C@@H]69.[Cl-].[Cl-]. The van der Waals surface area contributed by atoms with Crippen molar-refractivity contribution in [3.05, 3.63) is 132 Å². The normalized spacial score (nSPS) is 43.7. The fourth-order valence-electron chi connectivity index (χ4n) is 14.6. The van der Waals surface area contributed by atoms with Crippen LogP contribution in [0.3, 0.4) is 0 Å². The second kappa shape index (κ2) is 11.7. The van der Waals surface area contributed by atoms with Crippen LogP contribution in [0, 0.1) is 11.8 Å². The van der Waals surface area contributed by atoms with Gasteiger partial charge in [0.15, 0.2) is 0 Å². The number of nitrogens with zero attached hydrogens (tertiary/aromatic N) is 4. The van der Waals surface area contributed by atoms with Crippen LogP contribution in [0.15, 0.2) is 121 Å². The Labute approximate surface area is 320 Å². The number of quaternary nitrogens is 2. The van der Waals surface area contributed by atoms with Crippen LogP contribution in [0.25, 0.3) is 0 Å².